The maximum atomic E-state index is 14.0. The van der Waals surface area contributed by atoms with E-state index in [1.807, 2.05) is 36.9 Å². The van der Waals surface area contributed by atoms with Gasteiger partial charge in [0.15, 0.2) is 0 Å². The van der Waals surface area contributed by atoms with Crippen molar-refractivity contribution >= 4 is 40.1 Å². The lowest BCUT2D eigenvalue weighted by atomic mass is 9.92. The lowest BCUT2D eigenvalue weighted by Crippen LogP contribution is -2.49. The molecule has 8 N–H and O–H groups in total. The van der Waals surface area contributed by atoms with Gasteiger partial charge in [-0.2, -0.15) is 0 Å². The number of anilines is 1. The van der Waals surface area contributed by atoms with E-state index in [1.54, 1.807) is 35.2 Å². The number of nitrogens with zero attached hydrogens (tertiary/aromatic N) is 5. The highest BCUT2D eigenvalue weighted by atomic mass is 16.5. The molecule has 0 spiro atoms. The largest absolute Gasteiger partial charge is 0.507 e. The lowest BCUT2D eigenvalue weighted by Gasteiger charge is -2.38. The van der Waals surface area contributed by atoms with Gasteiger partial charge in [0.2, 0.25) is 5.91 Å². The molecule has 14 nitrogen and oxygen atoms in total. The van der Waals surface area contributed by atoms with Gasteiger partial charge in [-0.15, -0.1) is 0 Å². The van der Waals surface area contributed by atoms with Crippen LogP contribution in [0.5, 0.6) is 5.75 Å². The van der Waals surface area contributed by atoms with Crippen LogP contribution in [-0.2, 0) is 9.53 Å². The Morgan fingerprint density at radius 2 is 1.61 bits per heavy atom. The third-order valence-electron chi connectivity index (χ3n) is 13.1. The zero-order valence-corrected chi connectivity index (χ0v) is 35.5. The summed E-state index contributed by atoms with van der Waals surface area (Å²) in [5, 5.41) is 13.8. The van der Waals surface area contributed by atoms with Gasteiger partial charge >= 0.3 is 6.03 Å². The Hall–Kier alpha value is -5.99. The Labute approximate surface area is 357 Å². The first-order valence-corrected chi connectivity index (χ1v) is 21.6. The Morgan fingerprint density at radius 1 is 0.852 bits per heavy atom. The minimum Gasteiger partial charge on any atom is -0.507 e. The fourth-order valence-electron chi connectivity index (χ4n) is 9.87. The number of phenolic OH excluding ortho intramolecular Hbond substituents is 1. The third kappa shape index (κ3) is 8.64. The number of carbonyl (C=O) groups is 3. The number of aryl methyl sites for hydroxylation is 3. The summed E-state index contributed by atoms with van der Waals surface area (Å²) in [4.78, 5) is 46.8. The highest BCUT2D eigenvalue weighted by molar-refractivity contribution is 6.09. The topological polar surface area (TPSA) is 189 Å². The van der Waals surface area contributed by atoms with Crippen molar-refractivity contribution in [3.05, 3.63) is 112 Å². The van der Waals surface area contributed by atoms with Crippen LogP contribution in [0.1, 0.15) is 82.6 Å². The molecule has 61 heavy (non-hydrogen) atoms. The van der Waals surface area contributed by atoms with Gasteiger partial charge in [-0.25, -0.2) is 4.79 Å². The number of nitrogens with one attached hydrogen (secondary N) is 1. The number of urea groups is 1. The van der Waals surface area contributed by atoms with Crippen LogP contribution in [0.4, 0.5) is 10.5 Å². The van der Waals surface area contributed by atoms with Crippen LogP contribution in [0.3, 0.4) is 0 Å². The number of benzene rings is 3. The van der Waals surface area contributed by atoms with E-state index in [9.17, 15) is 19.5 Å². The maximum absolute atomic E-state index is 14.0. The van der Waals surface area contributed by atoms with Crippen molar-refractivity contribution in [3.63, 3.8) is 0 Å². The summed E-state index contributed by atoms with van der Waals surface area (Å²) < 4.78 is 8.72. The molecule has 8 rings (SSSR count). The molecular weight excluding hydrogens is 771 g/mol. The first kappa shape index (κ1) is 41.7. The second-order valence-corrected chi connectivity index (χ2v) is 17.2. The molecule has 0 radical (unpaired) electrons. The predicted octanol–water partition coefficient (Wildman–Crippen LogP) is 5.37. The van der Waals surface area contributed by atoms with Gasteiger partial charge in [-0.3, -0.25) is 19.8 Å². The number of nitrogens with two attached hydrogens (primary N) is 3. The molecule has 4 amide bonds. The molecule has 14 heteroatoms. The zero-order valence-electron chi connectivity index (χ0n) is 35.5. The van der Waals surface area contributed by atoms with Crippen LogP contribution < -0.4 is 27.4 Å². The van der Waals surface area contributed by atoms with E-state index in [4.69, 9.17) is 21.9 Å². The Bertz CT molecular complexity index is 2380. The van der Waals surface area contributed by atoms with E-state index in [0.29, 0.717) is 61.6 Å². The Morgan fingerprint density at radius 3 is 2.33 bits per heavy atom. The molecule has 4 aliphatic heterocycles. The van der Waals surface area contributed by atoms with Gasteiger partial charge in [-0.1, -0.05) is 24.3 Å². The first-order chi connectivity index (χ1) is 29.4. The number of aromatic hydroxyl groups is 1. The Balaban J connectivity index is 0.851. The number of aromatic nitrogens is 1. The van der Waals surface area contributed by atoms with Crippen LogP contribution in [0.25, 0.3) is 16.6 Å². The van der Waals surface area contributed by atoms with Crippen LogP contribution in [-0.4, -0.2) is 101 Å². The smallest absolute Gasteiger partial charge is 0.328 e. The van der Waals surface area contributed by atoms with Crippen molar-refractivity contribution in [2.75, 3.05) is 63.9 Å². The molecular formula is C47H59N9O5. The van der Waals surface area contributed by atoms with Crippen molar-refractivity contribution in [1.82, 2.24) is 24.6 Å². The molecule has 4 aliphatic rings. The molecule has 1 atom stereocenters. The standard InChI is InChI=1S/C47H59N9O5/c1-29-24-36(30(2)23-35(29)43-28-54(21-22-61-43)41(45(49)50)26-38(48)34-7-4-5-10-42(34)57)46(59)53-18-11-32(12-19-53)27-52-16-13-33(14-17-52)56-31(3)25-37-39(8-6-9-40(37)56)55-20-15-44(58)51-47(55)60/h4-10,23-26,32-33,43,57H,11-22,27-28,48-50H2,1-3H3,(H,51,58,60)/b38-26-. The van der Waals surface area contributed by atoms with Crippen molar-refractivity contribution in [2.45, 2.75) is 65.0 Å². The van der Waals surface area contributed by atoms with Crippen LogP contribution in [0.2, 0.25) is 0 Å². The average molecular weight is 830 g/mol. The van der Waals surface area contributed by atoms with Crippen molar-refractivity contribution in [1.29, 1.82) is 0 Å². The summed E-state index contributed by atoms with van der Waals surface area (Å²) in [6.07, 6.45) is 5.79. The van der Waals surface area contributed by atoms with E-state index in [0.717, 1.165) is 97.3 Å². The molecule has 0 aliphatic carbocycles. The number of hydrogen-bond donors (Lipinski definition) is 5. The van der Waals surface area contributed by atoms with Crippen LogP contribution in [0, 0.1) is 26.7 Å². The SMILES string of the molecule is Cc1cc(C2CN(C(/C=C(\N)c3ccccc3O)=C(N)N)CCO2)c(C)cc1C(=O)N1CCC(CN2CCC(n3c(C)cc4c(N5CCC(=O)NC5=O)cccc43)CC2)CC1. The van der Waals surface area contributed by atoms with E-state index in [2.05, 4.69) is 44.8 Å². The van der Waals surface area contributed by atoms with Crippen molar-refractivity contribution < 1.29 is 24.2 Å². The van der Waals surface area contributed by atoms with Gasteiger partial charge in [0, 0.05) is 92.7 Å². The number of imide groups is 1. The maximum Gasteiger partial charge on any atom is 0.328 e. The first-order valence-electron chi connectivity index (χ1n) is 21.6. The quantitative estimate of drug-likeness (QED) is 0.137. The molecule has 322 valence electrons. The van der Waals surface area contributed by atoms with E-state index in [1.165, 1.54) is 5.69 Å². The summed E-state index contributed by atoms with van der Waals surface area (Å²) in [5.74, 6) is 0.595. The van der Waals surface area contributed by atoms with Gasteiger partial charge < -0.3 is 46.3 Å². The fourth-order valence-corrected chi connectivity index (χ4v) is 9.87. The third-order valence-corrected chi connectivity index (χ3v) is 13.1. The molecule has 1 unspecified atom stereocenters. The summed E-state index contributed by atoms with van der Waals surface area (Å²) in [5.41, 5.74) is 27.0. The average Bonchev–Trinajstić information content (AvgIpc) is 3.59. The summed E-state index contributed by atoms with van der Waals surface area (Å²) in [6.45, 7) is 12.6. The minimum absolute atomic E-state index is 0.0755. The van der Waals surface area contributed by atoms with Gasteiger partial charge in [0.25, 0.3) is 5.91 Å². The van der Waals surface area contributed by atoms with Gasteiger partial charge in [-0.05, 0) is 112 Å². The molecule has 1 aromatic heterocycles. The van der Waals surface area contributed by atoms with Crippen molar-refractivity contribution in [2.24, 2.45) is 23.1 Å². The van der Waals surface area contributed by atoms with Gasteiger partial charge in [0.05, 0.1) is 23.5 Å². The Kier molecular flexibility index (Phi) is 12.0. The summed E-state index contributed by atoms with van der Waals surface area (Å²) >= 11 is 0. The lowest BCUT2D eigenvalue weighted by molar-refractivity contribution is -0.120. The normalized spacial score (nSPS) is 20.0. The highest BCUT2D eigenvalue weighted by Crippen LogP contribution is 2.37. The molecule has 5 heterocycles. The minimum atomic E-state index is -0.359. The number of likely N-dealkylation sites (tertiary alicyclic amines) is 2. The van der Waals surface area contributed by atoms with Crippen LogP contribution in [0.15, 0.2) is 78.3 Å². The number of amides is 4. The van der Waals surface area contributed by atoms with Gasteiger partial charge in [0.1, 0.15) is 17.7 Å². The number of piperidine rings is 2. The highest BCUT2D eigenvalue weighted by Gasteiger charge is 2.32. The summed E-state index contributed by atoms with van der Waals surface area (Å²) in [6, 6.07) is 19.3. The van der Waals surface area contributed by atoms with E-state index >= 15 is 0 Å². The van der Waals surface area contributed by atoms with E-state index in [-0.39, 0.29) is 35.5 Å². The number of allylic oxidation sites excluding steroid dienone is 1. The fraction of sp³-hybridized carbons (Fsp3) is 0.426. The monoisotopic (exact) mass is 829 g/mol. The molecule has 0 saturated carbocycles. The molecule has 0 bridgehead atoms. The predicted molar refractivity (Wildman–Crippen MR) is 237 cm³/mol. The van der Waals surface area contributed by atoms with Crippen molar-refractivity contribution in [3.8, 4) is 5.75 Å². The number of para-hydroxylation sites is 1. The number of morpholine rings is 1. The second kappa shape index (κ2) is 17.5. The molecule has 4 fully saturated rings. The van der Waals surface area contributed by atoms with E-state index < -0.39 is 0 Å². The number of carbonyl (C=O) groups excluding carboxylic acids is 3. The number of fused-ring (bicyclic) bond motifs is 1. The molecule has 3 aromatic carbocycles. The molecule has 4 saturated heterocycles. The number of ether oxygens (including phenoxy) is 1. The zero-order chi connectivity index (χ0) is 42.9. The molecule has 4 aromatic rings. The van der Waals surface area contributed by atoms with Crippen LogP contribution >= 0.6 is 0 Å². The second-order valence-electron chi connectivity index (χ2n) is 17.2. The number of phenols is 1. The number of hydrogen-bond acceptors (Lipinski definition) is 10. The summed E-state index contributed by atoms with van der Waals surface area (Å²) in [7, 11) is 0. The number of rotatable bonds is 9.